The molecule has 1 aliphatic rings. The number of ether oxygens (including phenoxy) is 1. The Morgan fingerprint density at radius 2 is 2.24 bits per heavy atom. The number of benzene rings is 1. The minimum Gasteiger partial charge on any atom is -0.493 e. The fourth-order valence-electron chi connectivity index (χ4n) is 1.85. The number of non-ortho nitro benzene ring substituents is 1. The Kier molecular flexibility index (Phi) is 3.58. The Morgan fingerprint density at radius 3 is 2.76 bits per heavy atom. The van der Waals surface area contributed by atoms with Crippen molar-refractivity contribution in [3.05, 3.63) is 33.9 Å². The van der Waals surface area contributed by atoms with Crippen LogP contribution >= 0.6 is 0 Å². The first-order valence-electron chi connectivity index (χ1n) is 5.81. The molecule has 1 fully saturated rings. The SMILES string of the molecule is NCc1cc([N+](=O)[O-])ccc1OCC1CCC1. The Labute approximate surface area is 99.7 Å². The van der Waals surface area contributed by atoms with E-state index in [9.17, 15) is 10.1 Å². The second-order valence-corrected chi connectivity index (χ2v) is 4.36. The lowest BCUT2D eigenvalue weighted by Crippen LogP contribution is -2.19. The first-order valence-corrected chi connectivity index (χ1v) is 5.81. The third-order valence-corrected chi connectivity index (χ3v) is 3.17. The lowest BCUT2D eigenvalue weighted by atomic mass is 9.86. The highest BCUT2D eigenvalue weighted by molar-refractivity contribution is 5.43. The summed E-state index contributed by atoms with van der Waals surface area (Å²) in [4.78, 5) is 10.2. The van der Waals surface area contributed by atoms with Crippen molar-refractivity contribution in [3.8, 4) is 5.75 Å². The van der Waals surface area contributed by atoms with Crippen molar-refractivity contribution in [2.45, 2.75) is 25.8 Å². The molecule has 17 heavy (non-hydrogen) atoms. The number of nitrogens with two attached hydrogens (primary N) is 1. The molecule has 0 saturated heterocycles. The van der Waals surface area contributed by atoms with E-state index in [4.69, 9.17) is 10.5 Å². The molecule has 1 aliphatic carbocycles. The first kappa shape index (κ1) is 11.9. The van der Waals surface area contributed by atoms with Gasteiger partial charge in [0.25, 0.3) is 5.69 Å². The molecule has 1 aromatic carbocycles. The summed E-state index contributed by atoms with van der Waals surface area (Å²) >= 11 is 0. The molecule has 0 atom stereocenters. The van der Waals surface area contributed by atoms with Crippen LogP contribution in [0, 0.1) is 16.0 Å². The zero-order valence-electron chi connectivity index (χ0n) is 9.59. The van der Waals surface area contributed by atoms with Gasteiger partial charge in [0.2, 0.25) is 0 Å². The van der Waals surface area contributed by atoms with Gasteiger partial charge in [-0.3, -0.25) is 10.1 Å². The summed E-state index contributed by atoms with van der Waals surface area (Å²) in [5.41, 5.74) is 6.32. The third-order valence-electron chi connectivity index (χ3n) is 3.17. The Hall–Kier alpha value is -1.62. The van der Waals surface area contributed by atoms with Crippen LogP contribution in [0.1, 0.15) is 24.8 Å². The maximum atomic E-state index is 10.6. The van der Waals surface area contributed by atoms with Crippen LogP contribution in [0.4, 0.5) is 5.69 Å². The van der Waals surface area contributed by atoms with E-state index in [1.54, 1.807) is 6.07 Å². The summed E-state index contributed by atoms with van der Waals surface area (Å²) in [6.07, 6.45) is 3.70. The lowest BCUT2D eigenvalue weighted by Gasteiger charge is -2.25. The number of nitrogens with zero attached hydrogens (tertiary/aromatic N) is 1. The molecule has 0 aliphatic heterocycles. The molecule has 92 valence electrons. The summed E-state index contributed by atoms with van der Waals surface area (Å²) in [7, 11) is 0. The molecule has 2 N–H and O–H groups in total. The van der Waals surface area contributed by atoms with E-state index in [2.05, 4.69) is 0 Å². The van der Waals surface area contributed by atoms with E-state index in [0.29, 0.717) is 23.8 Å². The zero-order chi connectivity index (χ0) is 12.3. The highest BCUT2D eigenvalue weighted by Gasteiger charge is 2.19. The Bertz CT molecular complexity index is 416. The number of rotatable bonds is 5. The van der Waals surface area contributed by atoms with Gasteiger partial charge in [-0.05, 0) is 24.8 Å². The second kappa shape index (κ2) is 5.14. The van der Waals surface area contributed by atoms with Crippen LogP contribution < -0.4 is 10.5 Å². The van der Waals surface area contributed by atoms with Gasteiger partial charge in [0, 0.05) is 24.2 Å². The van der Waals surface area contributed by atoms with Gasteiger partial charge in [-0.2, -0.15) is 0 Å². The predicted molar refractivity (Wildman–Crippen MR) is 63.8 cm³/mol. The molecule has 0 spiro atoms. The van der Waals surface area contributed by atoms with E-state index in [1.807, 2.05) is 0 Å². The molecule has 0 unspecified atom stereocenters. The molecule has 5 heteroatoms. The average Bonchev–Trinajstić information content (AvgIpc) is 2.27. The van der Waals surface area contributed by atoms with Crippen LogP contribution in [0.25, 0.3) is 0 Å². The molecule has 1 saturated carbocycles. The molecule has 2 rings (SSSR count). The van der Waals surface area contributed by atoms with E-state index >= 15 is 0 Å². The van der Waals surface area contributed by atoms with Crippen LogP contribution in [0.15, 0.2) is 18.2 Å². The lowest BCUT2D eigenvalue weighted by molar-refractivity contribution is -0.384. The second-order valence-electron chi connectivity index (χ2n) is 4.36. The molecule has 1 aromatic rings. The first-order chi connectivity index (χ1) is 8.20. The standard InChI is InChI=1S/C12H16N2O3/c13-7-10-6-11(14(15)16)4-5-12(10)17-8-9-2-1-3-9/h4-6,9H,1-3,7-8,13H2. The Balaban J connectivity index is 2.06. The third kappa shape index (κ3) is 2.74. The van der Waals surface area contributed by atoms with Crippen molar-refractivity contribution >= 4 is 5.69 Å². The Morgan fingerprint density at radius 1 is 1.47 bits per heavy atom. The van der Waals surface area contributed by atoms with Gasteiger partial charge in [-0.15, -0.1) is 0 Å². The van der Waals surface area contributed by atoms with Crippen LogP contribution in [-0.2, 0) is 6.54 Å². The molecule has 0 aromatic heterocycles. The summed E-state index contributed by atoms with van der Waals surface area (Å²) in [5.74, 6) is 1.31. The topological polar surface area (TPSA) is 78.4 Å². The molecular formula is C12H16N2O3. The van der Waals surface area contributed by atoms with Gasteiger partial charge in [0.1, 0.15) is 5.75 Å². The van der Waals surface area contributed by atoms with E-state index in [-0.39, 0.29) is 12.2 Å². The number of hydrogen-bond donors (Lipinski definition) is 1. The molecule has 0 radical (unpaired) electrons. The largest absolute Gasteiger partial charge is 0.493 e. The van der Waals surface area contributed by atoms with Crippen LogP contribution in [0.3, 0.4) is 0 Å². The van der Waals surface area contributed by atoms with E-state index in [0.717, 1.165) is 0 Å². The van der Waals surface area contributed by atoms with Gasteiger partial charge in [-0.1, -0.05) is 6.42 Å². The van der Waals surface area contributed by atoms with Crippen LogP contribution in [0.5, 0.6) is 5.75 Å². The van der Waals surface area contributed by atoms with E-state index < -0.39 is 4.92 Å². The van der Waals surface area contributed by atoms with Crippen molar-refractivity contribution in [1.29, 1.82) is 0 Å². The van der Waals surface area contributed by atoms with Crippen molar-refractivity contribution in [2.75, 3.05) is 6.61 Å². The maximum Gasteiger partial charge on any atom is 0.270 e. The highest BCUT2D eigenvalue weighted by atomic mass is 16.6. The van der Waals surface area contributed by atoms with Gasteiger partial charge < -0.3 is 10.5 Å². The highest BCUT2D eigenvalue weighted by Crippen LogP contribution is 2.29. The van der Waals surface area contributed by atoms with E-state index in [1.165, 1.54) is 31.4 Å². The van der Waals surface area contributed by atoms with Gasteiger partial charge in [0.05, 0.1) is 11.5 Å². The summed E-state index contributed by atoms with van der Waals surface area (Å²) < 4.78 is 5.66. The summed E-state index contributed by atoms with van der Waals surface area (Å²) in [5, 5.41) is 10.6. The van der Waals surface area contributed by atoms with Crippen molar-refractivity contribution in [1.82, 2.24) is 0 Å². The quantitative estimate of drug-likeness (QED) is 0.628. The summed E-state index contributed by atoms with van der Waals surface area (Å²) in [6.45, 7) is 0.937. The van der Waals surface area contributed by atoms with Crippen molar-refractivity contribution in [2.24, 2.45) is 11.7 Å². The van der Waals surface area contributed by atoms with Crippen molar-refractivity contribution in [3.63, 3.8) is 0 Å². The minimum atomic E-state index is -0.422. The smallest absolute Gasteiger partial charge is 0.270 e. The number of nitro benzene ring substituents is 1. The van der Waals surface area contributed by atoms with Gasteiger partial charge in [-0.25, -0.2) is 0 Å². The number of nitro groups is 1. The van der Waals surface area contributed by atoms with Gasteiger partial charge >= 0.3 is 0 Å². The zero-order valence-corrected chi connectivity index (χ0v) is 9.59. The van der Waals surface area contributed by atoms with Crippen molar-refractivity contribution < 1.29 is 9.66 Å². The average molecular weight is 236 g/mol. The molecular weight excluding hydrogens is 220 g/mol. The fraction of sp³-hybridized carbons (Fsp3) is 0.500. The predicted octanol–water partition coefficient (Wildman–Crippen LogP) is 2.23. The molecule has 0 heterocycles. The maximum absolute atomic E-state index is 10.6. The van der Waals surface area contributed by atoms with Crippen LogP contribution in [-0.4, -0.2) is 11.5 Å². The fourth-order valence-corrected chi connectivity index (χ4v) is 1.85. The molecule has 5 nitrogen and oxygen atoms in total. The molecule has 0 amide bonds. The normalized spacial score (nSPS) is 15.4. The summed E-state index contributed by atoms with van der Waals surface area (Å²) in [6, 6.07) is 4.57. The monoisotopic (exact) mass is 236 g/mol. The van der Waals surface area contributed by atoms with Gasteiger partial charge in [0.15, 0.2) is 0 Å². The minimum absolute atomic E-state index is 0.0569. The number of hydrogen-bond acceptors (Lipinski definition) is 4. The molecule has 0 bridgehead atoms. The van der Waals surface area contributed by atoms with Crippen LogP contribution in [0.2, 0.25) is 0 Å².